The van der Waals surface area contributed by atoms with E-state index in [4.69, 9.17) is 0 Å². The van der Waals surface area contributed by atoms with Crippen LogP contribution in [0.15, 0.2) is 0 Å². The minimum absolute atomic E-state index is 0.0394. The van der Waals surface area contributed by atoms with Crippen LogP contribution in [0.4, 0.5) is 0 Å². The van der Waals surface area contributed by atoms with Gasteiger partial charge in [-0.1, -0.05) is 33.6 Å². The average Bonchev–Trinajstić information content (AvgIpc) is 2.95. The number of rotatable bonds is 5. The van der Waals surface area contributed by atoms with Crippen molar-refractivity contribution in [2.45, 2.75) is 65.3 Å². The highest BCUT2D eigenvalue weighted by molar-refractivity contribution is 5.82. The van der Waals surface area contributed by atoms with Gasteiger partial charge in [-0.05, 0) is 49.5 Å². The fraction of sp³-hybridized carbons (Fsp3) is 0.938. The summed E-state index contributed by atoms with van der Waals surface area (Å²) in [6.07, 6.45) is 7.62. The van der Waals surface area contributed by atoms with E-state index in [1.165, 1.54) is 32.1 Å². The van der Waals surface area contributed by atoms with Gasteiger partial charge in [-0.25, -0.2) is 0 Å². The highest BCUT2D eigenvalue weighted by Crippen LogP contribution is 2.42. The Bertz CT molecular complexity index is 308. The predicted octanol–water partition coefficient (Wildman–Crippen LogP) is 2.71. The van der Waals surface area contributed by atoms with E-state index in [9.17, 15) is 4.79 Å². The second-order valence-electron chi connectivity index (χ2n) is 7.22. The zero-order valence-electron chi connectivity index (χ0n) is 12.8. The molecule has 19 heavy (non-hydrogen) atoms. The smallest absolute Gasteiger partial charge is 0.237 e. The molecule has 110 valence electrons. The largest absolute Gasteiger partial charge is 0.354 e. The maximum atomic E-state index is 12.3. The van der Waals surface area contributed by atoms with Crippen LogP contribution in [-0.2, 0) is 4.79 Å². The van der Waals surface area contributed by atoms with E-state index >= 15 is 0 Å². The molecule has 0 radical (unpaired) electrons. The van der Waals surface area contributed by atoms with Gasteiger partial charge in [-0.15, -0.1) is 0 Å². The molecule has 2 unspecified atom stereocenters. The van der Waals surface area contributed by atoms with Crippen molar-refractivity contribution < 1.29 is 4.79 Å². The third-order valence-corrected chi connectivity index (χ3v) is 4.96. The Morgan fingerprint density at radius 2 is 2.05 bits per heavy atom. The Balaban J connectivity index is 1.86. The summed E-state index contributed by atoms with van der Waals surface area (Å²) in [6, 6.07) is 0.0394. The van der Waals surface area contributed by atoms with Gasteiger partial charge in [-0.3, -0.25) is 4.79 Å². The Labute approximate surface area is 117 Å². The molecule has 0 aromatic heterocycles. The standard InChI is InChI=1S/C16H30N2O/c1-12(2)10-16(7-4-5-8-16)11-18-15(19)14-13(3)6-9-17-14/h12-14,17H,4-11H2,1-3H3,(H,18,19). The van der Waals surface area contributed by atoms with Crippen LogP contribution in [0.1, 0.15) is 59.3 Å². The summed E-state index contributed by atoms with van der Waals surface area (Å²) in [7, 11) is 0. The first-order valence-corrected chi connectivity index (χ1v) is 8.03. The van der Waals surface area contributed by atoms with Crippen molar-refractivity contribution in [3.63, 3.8) is 0 Å². The fourth-order valence-corrected chi connectivity index (χ4v) is 4.01. The molecule has 2 rings (SSSR count). The van der Waals surface area contributed by atoms with Crippen molar-refractivity contribution in [1.82, 2.24) is 10.6 Å². The van der Waals surface area contributed by atoms with Gasteiger partial charge in [0, 0.05) is 6.54 Å². The molecule has 2 atom stereocenters. The zero-order valence-corrected chi connectivity index (χ0v) is 12.8. The van der Waals surface area contributed by atoms with E-state index in [0.717, 1.165) is 25.4 Å². The third kappa shape index (κ3) is 3.71. The molecule has 0 aromatic carbocycles. The lowest BCUT2D eigenvalue weighted by Gasteiger charge is -2.32. The predicted molar refractivity (Wildman–Crippen MR) is 78.9 cm³/mol. The molecule has 1 heterocycles. The van der Waals surface area contributed by atoms with Gasteiger partial charge in [0.1, 0.15) is 0 Å². The molecule has 0 aromatic rings. The fourth-order valence-electron chi connectivity index (χ4n) is 4.01. The number of hydrogen-bond donors (Lipinski definition) is 2. The van der Waals surface area contributed by atoms with Gasteiger partial charge in [0.25, 0.3) is 0 Å². The summed E-state index contributed by atoms with van der Waals surface area (Å²) in [4.78, 5) is 12.3. The molecule has 1 saturated carbocycles. The van der Waals surface area contributed by atoms with Crippen LogP contribution >= 0.6 is 0 Å². The summed E-state index contributed by atoms with van der Waals surface area (Å²) in [5, 5.41) is 6.56. The molecule has 2 fully saturated rings. The average molecular weight is 266 g/mol. The Hall–Kier alpha value is -0.570. The first kappa shape index (κ1) is 14.8. The van der Waals surface area contributed by atoms with E-state index in [0.29, 0.717) is 11.3 Å². The maximum Gasteiger partial charge on any atom is 0.237 e. The molecule has 0 bridgehead atoms. The molecule has 3 nitrogen and oxygen atoms in total. The van der Waals surface area contributed by atoms with Crippen molar-refractivity contribution in [2.24, 2.45) is 17.3 Å². The first-order valence-electron chi connectivity index (χ1n) is 8.03. The Kier molecular flexibility index (Phi) is 4.88. The highest BCUT2D eigenvalue weighted by Gasteiger charge is 2.36. The van der Waals surface area contributed by atoms with Gasteiger partial charge in [0.15, 0.2) is 0 Å². The molecule has 1 aliphatic carbocycles. The molecule has 0 spiro atoms. The number of nitrogens with one attached hydrogen (secondary N) is 2. The Morgan fingerprint density at radius 3 is 2.58 bits per heavy atom. The molecular weight excluding hydrogens is 236 g/mol. The van der Waals surface area contributed by atoms with Gasteiger partial charge in [-0.2, -0.15) is 0 Å². The molecule has 1 amide bonds. The van der Waals surface area contributed by atoms with Crippen LogP contribution in [-0.4, -0.2) is 25.0 Å². The minimum atomic E-state index is 0.0394. The second kappa shape index (κ2) is 6.25. The molecule has 1 saturated heterocycles. The molecule has 2 N–H and O–H groups in total. The van der Waals surface area contributed by atoms with E-state index in [-0.39, 0.29) is 11.9 Å². The van der Waals surface area contributed by atoms with E-state index < -0.39 is 0 Å². The summed E-state index contributed by atoms with van der Waals surface area (Å²) in [6.45, 7) is 8.62. The van der Waals surface area contributed by atoms with Gasteiger partial charge < -0.3 is 10.6 Å². The van der Waals surface area contributed by atoms with Gasteiger partial charge >= 0.3 is 0 Å². The van der Waals surface area contributed by atoms with Crippen molar-refractivity contribution in [2.75, 3.05) is 13.1 Å². The van der Waals surface area contributed by atoms with Crippen LogP contribution in [0.25, 0.3) is 0 Å². The topological polar surface area (TPSA) is 41.1 Å². The Morgan fingerprint density at radius 1 is 1.37 bits per heavy atom. The van der Waals surface area contributed by atoms with Crippen molar-refractivity contribution >= 4 is 5.91 Å². The van der Waals surface area contributed by atoms with Gasteiger partial charge in [0.2, 0.25) is 5.91 Å². The van der Waals surface area contributed by atoms with E-state index in [1.807, 2.05) is 0 Å². The van der Waals surface area contributed by atoms with Crippen molar-refractivity contribution in [3.05, 3.63) is 0 Å². The monoisotopic (exact) mass is 266 g/mol. The summed E-state index contributed by atoms with van der Waals surface area (Å²) < 4.78 is 0. The lowest BCUT2D eigenvalue weighted by Crippen LogP contribution is -2.46. The van der Waals surface area contributed by atoms with Crippen LogP contribution in [0, 0.1) is 17.3 Å². The van der Waals surface area contributed by atoms with Crippen LogP contribution < -0.4 is 10.6 Å². The first-order chi connectivity index (χ1) is 9.02. The third-order valence-electron chi connectivity index (χ3n) is 4.96. The number of carbonyl (C=O) groups is 1. The van der Waals surface area contributed by atoms with Crippen LogP contribution in [0.3, 0.4) is 0 Å². The van der Waals surface area contributed by atoms with Crippen LogP contribution in [0.2, 0.25) is 0 Å². The summed E-state index contributed by atoms with van der Waals surface area (Å²) in [5.74, 6) is 1.42. The molecule has 1 aliphatic heterocycles. The quantitative estimate of drug-likeness (QED) is 0.803. The summed E-state index contributed by atoms with van der Waals surface area (Å²) >= 11 is 0. The van der Waals surface area contributed by atoms with E-state index in [2.05, 4.69) is 31.4 Å². The highest BCUT2D eigenvalue weighted by atomic mass is 16.2. The second-order valence-corrected chi connectivity index (χ2v) is 7.22. The van der Waals surface area contributed by atoms with Crippen molar-refractivity contribution in [1.29, 1.82) is 0 Å². The normalized spacial score (nSPS) is 29.9. The maximum absolute atomic E-state index is 12.3. The number of amides is 1. The summed E-state index contributed by atoms with van der Waals surface area (Å²) in [5.41, 5.74) is 0.381. The lowest BCUT2D eigenvalue weighted by molar-refractivity contribution is -0.124. The SMILES string of the molecule is CC(C)CC1(CNC(=O)C2NCCC2C)CCCC1. The van der Waals surface area contributed by atoms with Gasteiger partial charge in [0.05, 0.1) is 6.04 Å². The van der Waals surface area contributed by atoms with Crippen LogP contribution in [0.5, 0.6) is 0 Å². The van der Waals surface area contributed by atoms with E-state index in [1.54, 1.807) is 0 Å². The molecular formula is C16H30N2O. The molecule has 3 heteroatoms. The lowest BCUT2D eigenvalue weighted by atomic mass is 9.78. The van der Waals surface area contributed by atoms with Crippen molar-refractivity contribution in [3.8, 4) is 0 Å². The molecule has 2 aliphatic rings. The number of carbonyl (C=O) groups excluding carboxylic acids is 1. The minimum Gasteiger partial charge on any atom is -0.354 e. The zero-order chi connectivity index (χ0) is 13.9. The number of hydrogen-bond acceptors (Lipinski definition) is 2.